The van der Waals surface area contributed by atoms with E-state index in [9.17, 15) is 8.42 Å². The van der Waals surface area contributed by atoms with Crippen LogP contribution in [-0.2, 0) is 9.84 Å². The number of H-pyrrole nitrogens is 1. The van der Waals surface area contributed by atoms with Gasteiger partial charge < -0.3 is 9.72 Å². The summed E-state index contributed by atoms with van der Waals surface area (Å²) in [5.74, 6) is 1.42. The maximum Gasteiger partial charge on any atom is 0.242 e. The zero-order valence-corrected chi connectivity index (χ0v) is 17.0. The van der Waals surface area contributed by atoms with Gasteiger partial charge in [0.25, 0.3) is 0 Å². The van der Waals surface area contributed by atoms with Crippen LogP contribution >= 0.6 is 0 Å². The minimum atomic E-state index is -3.68. The molecule has 1 aliphatic rings. The molecule has 0 bridgehead atoms. The second-order valence-corrected chi connectivity index (χ2v) is 9.41. The predicted octanol–water partition coefficient (Wildman–Crippen LogP) is 4.45. The van der Waals surface area contributed by atoms with Gasteiger partial charge in [-0.05, 0) is 44.7 Å². The summed E-state index contributed by atoms with van der Waals surface area (Å²) in [6.07, 6.45) is 7.59. The van der Waals surface area contributed by atoms with Gasteiger partial charge in [0.1, 0.15) is 27.9 Å². The first-order valence-corrected chi connectivity index (χ1v) is 11.3. The molecule has 28 heavy (non-hydrogen) atoms. The quantitative estimate of drug-likeness (QED) is 0.685. The third kappa shape index (κ3) is 3.51. The van der Waals surface area contributed by atoms with Crippen molar-refractivity contribution in [2.75, 3.05) is 0 Å². The fourth-order valence-electron chi connectivity index (χ4n) is 3.95. The zero-order chi connectivity index (χ0) is 19.7. The number of nitrogens with zero attached hydrogens (tertiary/aromatic N) is 2. The number of hydrogen-bond acceptors (Lipinski definition) is 5. The SMILES string of the molecule is Cc1nc(OC(C)C2CCCCC2)c2[nH]cc(S(=O)(=O)c3ccccc3)c2n1. The standard InChI is InChI=1S/C21H25N3O3S/c1-14(16-9-5-3-6-10-16)27-21-20-19(23-15(2)24-21)18(13-22-20)28(25,26)17-11-7-4-8-12-17/h4,7-8,11-14,16,22H,3,5-6,9-10H2,1-2H3. The maximum absolute atomic E-state index is 13.1. The number of nitrogens with one attached hydrogen (secondary N) is 1. The summed E-state index contributed by atoms with van der Waals surface area (Å²) < 4.78 is 32.4. The van der Waals surface area contributed by atoms with Crippen LogP contribution in [0.3, 0.4) is 0 Å². The van der Waals surface area contributed by atoms with Gasteiger partial charge in [-0.1, -0.05) is 37.5 Å². The summed E-state index contributed by atoms with van der Waals surface area (Å²) in [5, 5.41) is 0. The monoisotopic (exact) mass is 399 g/mol. The van der Waals surface area contributed by atoms with Crippen LogP contribution < -0.4 is 4.74 Å². The van der Waals surface area contributed by atoms with Crippen LogP contribution in [0.5, 0.6) is 5.88 Å². The fourth-order valence-corrected chi connectivity index (χ4v) is 5.34. The number of aromatic nitrogens is 3. The summed E-state index contributed by atoms with van der Waals surface area (Å²) in [6.45, 7) is 3.83. The predicted molar refractivity (Wildman–Crippen MR) is 107 cm³/mol. The minimum absolute atomic E-state index is 0.0234. The lowest BCUT2D eigenvalue weighted by Crippen LogP contribution is -2.26. The number of sulfone groups is 1. The molecule has 0 aliphatic heterocycles. The molecule has 2 heterocycles. The Morgan fingerprint density at radius 3 is 2.54 bits per heavy atom. The molecule has 148 valence electrons. The maximum atomic E-state index is 13.1. The van der Waals surface area contributed by atoms with Crippen molar-refractivity contribution in [1.82, 2.24) is 15.0 Å². The third-order valence-electron chi connectivity index (χ3n) is 5.52. The molecule has 4 rings (SSSR count). The van der Waals surface area contributed by atoms with Crippen molar-refractivity contribution in [2.24, 2.45) is 5.92 Å². The average Bonchev–Trinajstić information content (AvgIpc) is 3.14. The van der Waals surface area contributed by atoms with E-state index in [-0.39, 0.29) is 15.9 Å². The summed E-state index contributed by atoms with van der Waals surface area (Å²) in [4.78, 5) is 12.3. The molecule has 1 fully saturated rings. The number of aromatic amines is 1. The molecule has 7 heteroatoms. The lowest BCUT2D eigenvalue weighted by atomic mass is 9.86. The van der Waals surface area contributed by atoms with Gasteiger partial charge >= 0.3 is 0 Å². The Bertz CT molecular complexity index is 1070. The van der Waals surface area contributed by atoms with Gasteiger partial charge in [-0.3, -0.25) is 0 Å². The van der Waals surface area contributed by atoms with Gasteiger partial charge in [0.15, 0.2) is 0 Å². The molecule has 1 N–H and O–H groups in total. The lowest BCUT2D eigenvalue weighted by Gasteiger charge is -2.27. The van der Waals surface area contributed by atoms with Crippen molar-refractivity contribution in [3.05, 3.63) is 42.4 Å². The van der Waals surface area contributed by atoms with E-state index in [1.165, 1.54) is 25.5 Å². The Morgan fingerprint density at radius 2 is 1.82 bits per heavy atom. The average molecular weight is 400 g/mol. The van der Waals surface area contributed by atoms with E-state index in [0.29, 0.717) is 28.7 Å². The summed E-state index contributed by atoms with van der Waals surface area (Å²) in [6, 6.07) is 8.39. The number of fused-ring (bicyclic) bond motifs is 1. The molecule has 3 aromatic rings. The van der Waals surface area contributed by atoms with Crippen LogP contribution in [0.4, 0.5) is 0 Å². The van der Waals surface area contributed by atoms with Crippen LogP contribution in [-0.4, -0.2) is 29.5 Å². The molecule has 2 aromatic heterocycles. The van der Waals surface area contributed by atoms with Crippen molar-refractivity contribution in [3.8, 4) is 5.88 Å². The Labute approximate surface area is 165 Å². The van der Waals surface area contributed by atoms with Crippen LogP contribution in [0.25, 0.3) is 11.0 Å². The van der Waals surface area contributed by atoms with Gasteiger partial charge in [-0.25, -0.2) is 13.4 Å². The van der Waals surface area contributed by atoms with E-state index in [1.807, 2.05) is 0 Å². The molecule has 6 nitrogen and oxygen atoms in total. The molecule has 1 atom stereocenters. The molecule has 1 aliphatic carbocycles. The van der Waals surface area contributed by atoms with Gasteiger partial charge in [0.2, 0.25) is 15.7 Å². The third-order valence-corrected chi connectivity index (χ3v) is 7.31. The molecule has 1 unspecified atom stereocenters. The molecular formula is C21H25N3O3S. The van der Waals surface area contributed by atoms with Gasteiger partial charge in [0.05, 0.1) is 4.90 Å². The van der Waals surface area contributed by atoms with Gasteiger partial charge in [-0.2, -0.15) is 4.98 Å². The molecule has 0 spiro atoms. The summed E-state index contributed by atoms with van der Waals surface area (Å²) in [5.41, 5.74) is 0.907. The molecule has 1 saturated carbocycles. The fraction of sp³-hybridized carbons (Fsp3) is 0.429. The highest BCUT2D eigenvalue weighted by molar-refractivity contribution is 7.91. The second-order valence-electron chi connectivity index (χ2n) is 7.49. The van der Waals surface area contributed by atoms with E-state index < -0.39 is 9.84 Å². The number of hydrogen-bond donors (Lipinski definition) is 1. The molecule has 0 radical (unpaired) electrons. The first-order chi connectivity index (χ1) is 13.5. The molecule has 1 aromatic carbocycles. The number of aryl methyl sites for hydroxylation is 1. The van der Waals surface area contributed by atoms with Crippen LogP contribution in [0.1, 0.15) is 44.9 Å². The highest BCUT2D eigenvalue weighted by Crippen LogP contribution is 2.33. The number of benzene rings is 1. The Morgan fingerprint density at radius 1 is 1.11 bits per heavy atom. The van der Waals surface area contributed by atoms with Crippen LogP contribution in [0.2, 0.25) is 0 Å². The lowest BCUT2D eigenvalue weighted by molar-refractivity contribution is 0.120. The summed E-state index contributed by atoms with van der Waals surface area (Å²) >= 11 is 0. The van der Waals surface area contributed by atoms with E-state index in [0.717, 1.165) is 12.8 Å². The minimum Gasteiger partial charge on any atom is -0.473 e. The van der Waals surface area contributed by atoms with Crippen LogP contribution in [0, 0.1) is 12.8 Å². The van der Waals surface area contributed by atoms with E-state index in [4.69, 9.17) is 4.74 Å². The molecule has 0 saturated heterocycles. The van der Waals surface area contributed by atoms with E-state index >= 15 is 0 Å². The van der Waals surface area contributed by atoms with Crippen molar-refractivity contribution >= 4 is 20.9 Å². The number of ether oxygens (including phenoxy) is 1. The Balaban J connectivity index is 1.73. The van der Waals surface area contributed by atoms with Crippen molar-refractivity contribution < 1.29 is 13.2 Å². The van der Waals surface area contributed by atoms with Gasteiger partial charge in [-0.15, -0.1) is 0 Å². The largest absolute Gasteiger partial charge is 0.473 e. The van der Waals surface area contributed by atoms with Crippen molar-refractivity contribution in [2.45, 2.75) is 61.8 Å². The highest BCUT2D eigenvalue weighted by Gasteiger charge is 2.27. The molecular weight excluding hydrogens is 374 g/mol. The Kier molecular flexibility index (Phi) is 5.10. The first kappa shape index (κ1) is 18.9. The Hall–Kier alpha value is -2.41. The normalized spacial score (nSPS) is 16.9. The van der Waals surface area contributed by atoms with Crippen molar-refractivity contribution in [1.29, 1.82) is 0 Å². The van der Waals surface area contributed by atoms with E-state index in [1.54, 1.807) is 37.3 Å². The summed E-state index contributed by atoms with van der Waals surface area (Å²) in [7, 11) is -3.68. The van der Waals surface area contributed by atoms with Crippen molar-refractivity contribution in [3.63, 3.8) is 0 Å². The smallest absolute Gasteiger partial charge is 0.242 e. The van der Waals surface area contributed by atoms with E-state index in [2.05, 4.69) is 21.9 Å². The van der Waals surface area contributed by atoms with Crippen LogP contribution in [0.15, 0.2) is 46.3 Å². The molecule has 0 amide bonds. The topological polar surface area (TPSA) is 84.9 Å². The highest BCUT2D eigenvalue weighted by atomic mass is 32.2. The first-order valence-electron chi connectivity index (χ1n) is 9.79. The second kappa shape index (κ2) is 7.54. The number of rotatable bonds is 5. The van der Waals surface area contributed by atoms with Gasteiger partial charge in [0, 0.05) is 6.20 Å². The zero-order valence-electron chi connectivity index (χ0n) is 16.2.